The number of benzene rings is 3. The third-order valence-corrected chi connectivity index (χ3v) is 8.30. The van der Waals surface area contributed by atoms with E-state index in [-0.39, 0.29) is 22.8 Å². The van der Waals surface area contributed by atoms with E-state index in [2.05, 4.69) is 34.3 Å². The van der Waals surface area contributed by atoms with Crippen LogP contribution in [0.3, 0.4) is 0 Å². The second-order valence-corrected chi connectivity index (χ2v) is 11.0. The van der Waals surface area contributed by atoms with E-state index in [1.807, 2.05) is 26.0 Å². The van der Waals surface area contributed by atoms with E-state index in [1.54, 1.807) is 36.4 Å². The molecule has 0 amide bonds. The first kappa shape index (κ1) is 24.5. The highest BCUT2D eigenvalue weighted by Crippen LogP contribution is 2.51. The van der Waals surface area contributed by atoms with Crippen molar-refractivity contribution < 1.29 is 17.9 Å². The van der Waals surface area contributed by atoms with Gasteiger partial charge in [-0.2, -0.15) is 0 Å². The van der Waals surface area contributed by atoms with E-state index >= 15 is 0 Å². The van der Waals surface area contributed by atoms with E-state index in [0.29, 0.717) is 23.9 Å². The van der Waals surface area contributed by atoms with Gasteiger partial charge in [-0.1, -0.05) is 29.8 Å². The molecule has 0 radical (unpaired) electrons. The summed E-state index contributed by atoms with van der Waals surface area (Å²) >= 11 is 5.93. The normalized spacial score (nSPS) is 20.2. The van der Waals surface area contributed by atoms with E-state index in [0.717, 1.165) is 34.7 Å². The van der Waals surface area contributed by atoms with Gasteiger partial charge in [0.1, 0.15) is 0 Å². The van der Waals surface area contributed by atoms with Crippen LogP contribution < -0.4 is 19.5 Å². The number of nitrogens with one attached hydrogen (secondary N) is 2. The Balaban J connectivity index is 1.46. The molecule has 188 valence electrons. The van der Waals surface area contributed by atoms with Crippen LogP contribution in [-0.4, -0.2) is 21.6 Å². The molecule has 36 heavy (non-hydrogen) atoms. The fraction of sp³-hybridized carbons (Fsp3) is 0.286. The Labute approximate surface area is 217 Å². The lowest BCUT2D eigenvalue weighted by Crippen LogP contribution is -2.29. The first-order chi connectivity index (χ1) is 17.4. The number of sulfonamides is 1. The number of rotatable bonds is 8. The predicted molar refractivity (Wildman–Crippen MR) is 144 cm³/mol. The Bertz CT molecular complexity index is 1390. The summed E-state index contributed by atoms with van der Waals surface area (Å²) in [6.07, 6.45) is 5.28. The van der Waals surface area contributed by atoms with Crippen molar-refractivity contribution in [3.05, 3.63) is 89.0 Å². The van der Waals surface area contributed by atoms with Gasteiger partial charge in [0.15, 0.2) is 11.5 Å². The number of allylic oxidation sites excluding steroid dienone is 2. The van der Waals surface area contributed by atoms with E-state index in [9.17, 15) is 8.42 Å². The highest BCUT2D eigenvalue weighted by atomic mass is 35.5. The summed E-state index contributed by atoms with van der Waals surface area (Å²) in [6, 6.07) is 18.1. The van der Waals surface area contributed by atoms with Gasteiger partial charge in [-0.25, -0.2) is 8.42 Å². The van der Waals surface area contributed by atoms with Gasteiger partial charge in [0.2, 0.25) is 0 Å². The Morgan fingerprint density at radius 1 is 0.972 bits per heavy atom. The van der Waals surface area contributed by atoms with Crippen LogP contribution >= 0.6 is 11.6 Å². The molecule has 3 aromatic carbocycles. The van der Waals surface area contributed by atoms with Crippen LogP contribution in [0.5, 0.6) is 11.5 Å². The van der Waals surface area contributed by atoms with Gasteiger partial charge in [-0.3, -0.25) is 4.72 Å². The molecule has 0 saturated carbocycles. The quantitative estimate of drug-likeness (QED) is 0.318. The molecule has 0 unspecified atom stereocenters. The van der Waals surface area contributed by atoms with Crippen molar-refractivity contribution in [3.63, 3.8) is 0 Å². The van der Waals surface area contributed by atoms with Crippen LogP contribution in [0.1, 0.15) is 43.4 Å². The minimum atomic E-state index is -3.75. The van der Waals surface area contributed by atoms with Gasteiger partial charge in [-0.05, 0) is 91.9 Å². The molecule has 1 aliphatic carbocycles. The van der Waals surface area contributed by atoms with E-state index in [1.165, 1.54) is 0 Å². The molecule has 0 saturated heterocycles. The fourth-order valence-electron chi connectivity index (χ4n) is 5.06. The second-order valence-electron chi connectivity index (χ2n) is 8.91. The summed E-state index contributed by atoms with van der Waals surface area (Å²) in [7, 11) is -3.75. The molecular formula is C28H29ClN2O4S. The van der Waals surface area contributed by atoms with Gasteiger partial charge in [0, 0.05) is 22.3 Å². The zero-order valence-corrected chi connectivity index (χ0v) is 21.8. The molecule has 0 bridgehead atoms. The average Bonchev–Trinajstić information content (AvgIpc) is 3.36. The lowest BCUT2D eigenvalue weighted by molar-refractivity contribution is 0.287. The molecule has 2 N–H and O–H groups in total. The van der Waals surface area contributed by atoms with Crippen LogP contribution in [0.25, 0.3) is 0 Å². The third-order valence-electron chi connectivity index (χ3n) is 6.67. The van der Waals surface area contributed by atoms with Gasteiger partial charge in [0.05, 0.1) is 24.2 Å². The van der Waals surface area contributed by atoms with Gasteiger partial charge < -0.3 is 14.8 Å². The van der Waals surface area contributed by atoms with Crippen LogP contribution in [0.15, 0.2) is 77.7 Å². The smallest absolute Gasteiger partial charge is 0.261 e. The van der Waals surface area contributed by atoms with E-state index < -0.39 is 10.0 Å². The van der Waals surface area contributed by atoms with Gasteiger partial charge in [-0.15, -0.1) is 0 Å². The molecule has 1 aliphatic heterocycles. The van der Waals surface area contributed by atoms with Gasteiger partial charge >= 0.3 is 0 Å². The Morgan fingerprint density at radius 3 is 2.47 bits per heavy atom. The van der Waals surface area contributed by atoms with Crippen LogP contribution in [0, 0.1) is 5.92 Å². The lowest BCUT2D eigenvalue weighted by Gasteiger charge is -2.38. The van der Waals surface area contributed by atoms with Crippen LogP contribution in [0.2, 0.25) is 5.02 Å². The number of fused-ring (bicyclic) bond motifs is 3. The van der Waals surface area contributed by atoms with Gasteiger partial charge in [0.25, 0.3) is 10.0 Å². The van der Waals surface area contributed by atoms with E-state index in [4.69, 9.17) is 21.1 Å². The first-order valence-corrected chi connectivity index (χ1v) is 14.0. The molecular weight excluding hydrogens is 496 g/mol. The maximum atomic E-state index is 13.1. The Kier molecular flexibility index (Phi) is 6.86. The summed E-state index contributed by atoms with van der Waals surface area (Å²) in [5, 5.41) is 4.22. The molecule has 0 aromatic heterocycles. The summed E-state index contributed by atoms with van der Waals surface area (Å²) < 4.78 is 40.5. The van der Waals surface area contributed by atoms with Crippen LogP contribution in [0.4, 0.5) is 11.4 Å². The standard InChI is InChI=1S/C28H29ClN2O4S/c1-3-34-26-15-8-18(16-27(26)35-4-2)28-23-7-5-6-22(23)24-17-21(13-14-25(24)30-28)36(32,33)31-20-11-9-19(29)10-12-20/h5-6,8-17,22-23,28,30-31H,3-4,7H2,1-2H3/t22-,23+,28+/m0/s1. The topological polar surface area (TPSA) is 76.7 Å². The fourth-order valence-corrected chi connectivity index (χ4v) is 6.28. The van der Waals surface area contributed by atoms with Crippen molar-refractivity contribution in [1.82, 2.24) is 0 Å². The average molecular weight is 525 g/mol. The zero-order valence-electron chi connectivity index (χ0n) is 20.2. The number of hydrogen-bond acceptors (Lipinski definition) is 5. The minimum absolute atomic E-state index is 0.0574. The number of ether oxygens (including phenoxy) is 2. The SMILES string of the molecule is CCOc1ccc([C@H]2Nc3ccc(S(=O)(=O)Nc4ccc(Cl)cc4)cc3[C@H]3C=CC[C@H]32)cc1OCC. The summed E-state index contributed by atoms with van der Waals surface area (Å²) in [5.41, 5.74) is 3.51. The van der Waals surface area contributed by atoms with Crippen molar-refractivity contribution in [3.8, 4) is 11.5 Å². The largest absolute Gasteiger partial charge is 0.490 e. The maximum absolute atomic E-state index is 13.1. The molecule has 3 atom stereocenters. The molecule has 2 aliphatic rings. The molecule has 0 fully saturated rings. The minimum Gasteiger partial charge on any atom is -0.490 e. The highest BCUT2D eigenvalue weighted by Gasteiger charge is 2.38. The maximum Gasteiger partial charge on any atom is 0.261 e. The Hall–Kier alpha value is -3.16. The number of hydrogen-bond donors (Lipinski definition) is 2. The third kappa shape index (κ3) is 4.77. The lowest BCUT2D eigenvalue weighted by atomic mass is 9.77. The number of halogens is 1. The summed E-state index contributed by atoms with van der Waals surface area (Å²) in [5.74, 6) is 1.84. The molecule has 3 aromatic rings. The second kappa shape index (κ2) is 10.1. The summed E-state index contributed by atoms with van der Waals surface area (Å²) in [4.78, 5) is 0.232. The summed E-state index contributed by atoms with van der Waals surface area (Å²) in [6.45, 7) is 5.04. The predicted octanol–water partition coefficient (Wildman–Crippen LogP) is 6.76. The molecule has 0 spiro atoms. The highest BCUT2D eigenvalue weighted by molar-refractivity contribution is 7.92. The molecule has 5 rings (SSSR count). The monoisotopic (exact) mass is 524 g/mol. The number of anilines is 2. The Morgan fingerprint density at radius 2 is 1.72 bits per heavy atom. The molecule has 8 heteroatoms. The van der Waals surface area contributed by atoms with Crippen molar-refractivity contribution >= 4 is 33.0 Å². The van der Waals surface area contributed by atoms with Crippen molar-refractivity contribution in [1.29, 1.82) is 0 Å². The molecule has 1 heterocycles. The zero-order chi connectivity index (χ0) is 25.3. The first-order valence-electron chi connectivity index (χ1n) is 12.1. The molecule has 6 nitrogen and oxygen atoms in total. The van der Waals surface area contributed by atoms with Crippen molar-refractivity contribution in [2.75, 3.05) is 23.3 Å². The van der Waals surface area contributed by atoms with Crippen molar-refractivity contribution in [2.45, 2.75) is 37.1 Å². The van der Waals surface area contributed by atoms with Crippen molar-refractivity contribution in [2.24, 2.45) is 5.92 Å². The van der Waals surface area contributed by atoms with Crippen LogP contribution in [-0.2, 0) is 10.0 Å².